The number of carbonyl (C=O) groups is 1. The third-order valence-corrected chi connectivity index (χ3v) is 12.8. The number of hydrogen-bond acceptors (Lipinski definition) is 2. The Hall–Kier alpha value is -1.70. The summed E-state index contributed by atoms with van der Waals surface area (Å²) in [5, 5.41) is 5.72. The molecule has 130 valence electrons. The van der Waals surface area contributed by atoms with Crippen molar-refractivity contribution in [2.45, 2.75) is 50.3 Å². The molecule has 0 bridgehead atoms. The first-order valence-corrected chi connectivity index (χ1v) is 11.6. The van der Waals surface area contributed by atoms with Crippen molar-refractivity contribution in [3.05, 3.63) is 60.2 Å². The quantitative estimate of drug-likeness (QED) is 0.790. The predicted molar refractivity (Wildman–Crippen MR) is 103 cm³/mol. The maximum absolute atomic E-state index is 12.9. The first-order chi connectivity index (χ1) is 12.1. The summed E-state index contributed by atoms with van der Waals surface area (Å²) in [5.41, 5.74) is 1.03. The monoisotopic (exact) mass is 353 g/mol. The second kappa shape index (κ2) is 4.93. The Kier molecular flexibility index (Phi) is 3.07. The second-order valence-electron chi connectivity index (χ2n) is 7.79. The van der Waals surface area contributed by atoms with Crippen LogP contribution in [0.5, 0.6) is 0 Å². The molecule has 25 heavy (non-hydrogen) atoms. The SMILES string of the molecule is CC1C2(CCCCC2)OP12(c1ccccc1)NC(=O)c1ccccc12. The second-order valence-corrected chi connectivity index (χ2v) is 12.2. The molecule has 2 aromatic carbocycles. The molecule has 4 heteroatoms. The van der Waals surface area contributed by atoms with Gasteiger partial charge in [0.25, 0.3) is 0 Å². The third kappa shape index (κ3) is 1.66. The molecule has 2 heterocycles. The van der Waals surface area contributed by atoms with Crippen LogP contribution in [0.1, 0.15) is 49.4 Å². The molecule has 2 aromatic rings. The third-order valence-electron chi connectivity index (χ3n) is 6.79. The van der Waals surface area contributed by atoms with Crippen LogP contribution >= 0.6 is 6.98 Å². The summed E-state index contributed by atoms with van der Waals surface area (Å²) < 4.78 is 7.10. The molecule has 3 nitrogen and oxygen atoms in total. The molecular weight excluding hydrogens is 329 g/mol. The van der Waals surface area contributed by atoms with Crippen molar-refractivity contribution in [1.82, 2.24) is 5.09 Å². The van der Waals surface area contributed by atoms with Crippen molar-refractivity contribution in [2.75, 3.05) is 0 Å². The topological polar surface area (TPSA) is 38.3 Å². The first-order valence-electron chi connectivity index (χ1n) is 9.33. The number of benzene rings is 2. The van der Waals surface area contributed by atoms with Gasteiger partial charge in [0.15, 0.2) is 0 Å². The predicted octanol–water partition coefficient (Wildman–Crippen LogP) is 3.89. The molecule has 1 amide bonds. The first kappa shape index (κ1) is 15.5. The summed E-state index contributed by atoms with van der Waals surface area (Å²) in [6.45, 7) is -0.836. The summed E-state index contributed by atoms with van der Waals surface area (Å²) in [4.78, 5) is 12.9. The average molecular weight is 353 g/mol. The van der Waals surface area contributed by atoms with E-state index in [-0.39, 0.29) is 11.5 Å². The normalized spacial score (nSPS) is 29.2. The van der Waals surface area contributed by atoms with E-state index in [4.69, 9.17) is 4.52 Å². The zero-order valence-corrected chi connectivity index (χ0v) is 15.5. The zero-order valence-electron chi connectivity index (χ0n) is 14.6. The molecule has 0 radical (unpaired) electrons. The van der Waals surface area contributed by atoms with Gasteiger partial charge in [-0.2, -0.15) is 0 Å². The molecule has 3 aliphatic rings. The van der Waals surface area contributed by atoms with E-state index in [1.807, 2.05) is 24.3 Å². The van der Waals surface area contributed by atoms with Crippen molar-refractivity contribution >= 4 is 23.5 Å². The number of rotatable bonds is 1. The Morgan fingerprint density at radius 3 is 2.40 bits per heavy atom. The fraction of sp³-hybridized carbons (Fsp3) is 0.381. The molecule has 2 fully saturated rings. The molecule has 1 atom stereocenters. The van der Waals surface area contributed by atoms with E-state index in [1.165, 1.54) is 19.3 Å². The Bertz CT molecular complexity index is 861. The minimum atomic E-state index is -3.16. The van der Waals surface area contributed by atoms with Gasteiger partial charge >= 0.3 is 148 Å². The van der Waals surface area contributed by atoms with E-state index in [0.29, 0.717) is 5.66 Å². The maximum atomic E-state index is 12.9. The minimum absolute atomic E-state index is 0.0228. The van der Waals surface area contributed by atoms with Gasteiger partial charge in [0.1, 0.15) is 0 Å². The van der Waals surface area contributed by atoms with E-state index in [0.717, 1.165) is 29.0 Å². The van der Waals surface area contributed by atoms with Gasteiger partial charge < -0.3 is 0 Å². The Balaban J connectivity index is 1.78. The van der Waals surface area contributed by atoms with E-state index < -0.39 is 6.98 Å². The van der Waals surface area contributed by atoms with Gasteiger partial charge in [0.05, 0.1) is 0 Å². The average Bonchev–Trinajstić information content (AvgIpc) is 2.95. The summed E-state index contributed by atoms with van der Waals surface area (Å²) in [7, 11) is 0. The number of fused-ring (bicyclic) bond motifs is 2. The van der Waals surface area contributed by atoms with Crippen LogP contribution in [0.4, 0.5) is 0 Å². The van der Waals surface area contributed by atoms with Crippen molar-refractivity contribution in [2.24, 2.45) is 0 Å². The molecule has 1 aliphatic carbocycles. The van der Waals surface area contributed by atoms with Gasteiger partial charge in [-0.05, 0) is 0 Å². The Morgan fingerprint density at radius 1 is 1.00 bits per heavy atom. The molecule has 2 aliphatic heterocycles. The number of hydrogen-bond donors (Lipinski definition) is 1. The Morgan fingerprint density at radius 2 is 1.68 bits per heavy atom. The zero-order chi connectivity index (χ0) is 17.1. The molecule has 2 spiro atoms. The van der Waals surface area contributed by atoms with E-state index in [9.17, 15) is 4.79 Å². The van der Waals surface area contributed by atoms with Crippen molar-refractivity contribution in [3.63, 3.8) is 0 Å². The van der Waals surface area contributed by atoms with Crippen LogP contribution < -0.4 is 15.7 Å². The van der Waals surface area contributed by atoms with Gasteiger partial charge in [0.2, 0.25) is 0 Å². The van der Waals surface area contributed by atoms with E-state index in [2.05, 4.69) is 42.3 Å². The standard InChI is InChI=1S/C21H24NO2P/c1-16-21(14-8-3-9-15-21)24-25(16,17-10-4-2-5-11-17)19-13-7-6-12-18(19)20(23)22-25/h2,4-7,10-13,16H,3,8-9,14-15H2,1H3,(H,22,23). The molecular formula is C21H24NO2P. The van der Waals surface area contributed by atoms with Crippen LogP contribution in [0.3, 0.4) is 0 Å². The Labute approximate surface area is 148 Å². The van der Waals surface area contributed by atoms with Gasteiger partial charge in [0, 0.05) is 0 Å². The summed E-state index contributed by atoms with van der Waals surface area (Å²) in [5.74, 6) is 0.0228. The molecule has 1 N–H and O–H groups in total. The number of carbonyl (C=O) groups excluding carboxylic acids is 1. The van der Waals surface area contributed by atoms with Gasteiger partial charge in [-0.3, -0.25) is 0 Å². The summed E-state index contributed by atoms with van der Waals surface area (Å²) >= 11 is 0. The summed E-state index contributed by atoms with van der Waals surface area (Å²) in [6, 6.07) is 18.5. The summed E-state index contributed by atoms with van der Waals surface area (Å²) in [6.07, 6.45) is 5.96. The number of amides is 1. The van der Waals surface area contributed by atoms with Gasteiger partial charge in [-0.25, -0.2) is 0 Å². The fourth-order valence-electron chi connectivity index (χ4n) is 5.55. The van der Waals surface area contributed by atoms with Crippen molar-refractivity contribution in [3.8, 4) is 0 Å². The fourth-order valence-corrected chi connectivity index (χ4v) is 12.0. The van der Waals surface area contributed by atoms with Crippen molar-refractivity contribution in [1.29, 1.82) is 0 Å². The van der Waals surface area contributed by atoms with Crippen LogP contribution in [0.25, 0.3) is 0 Å². The van der Waals surface area contributed by atoms with E-state index in [1.54, 1.807) is 0 Å². The molecule has 5 rings (SSSR count). The van der Waals surface area contributed by atoms with Gasteiger partial charge in [-0.1, -0.05) is 0 Å². The van der Waals surface area contributed by atoms with Crippen LogP contribution in [0, 0.1) is 0 Å². The van der Waals surface area contributed by atoms with Crippen molar-refractivity contribution < 1.29 is 9.32 Å². The van der Waals surface area contributed by atoms with Crippen LogP contribution in [0.15, 0.2) is 54.6 Å². The van der Waals surface area contributed by atoms with E-state index >= 15 is 0 Å². The molecule has 1 saturated heterocycles. The van der Waals surface area contributed by atoms with Crippen LogP contribution in [-0.2, 0) is 4.52 Å². The molecule has 0 aromatic heterocycles. The van der Waals surface area contributed by atoms with Crippen LogP contribution in [0.2, 0.25) is 0 Å². The van der Waals surface area contributed by atoms with Crippen LogP contribution in [-0.4, -0.2) is 17.2 Å². The number of nitrogens with one attached hydrogen (secondary N) is 1. The molecule has 1 saturated carbocycles. The molecule has 1 unspecified atom stereocenters. The van der Waals surface area contributed by atoms with Gasteiger partial charge in [-0.15, -0.1) is 0 Å².